The molecule has 25 heavy (non-hydrogen) atoms. The minimum absolute atomic E-state index is 0.255. The van der Waals surface area contributed by atoms with Crippen molar-refractivity contribution in [1.82, 2.24) is 9.88 Å². The Bertz CT molecular complexity index is 948. The van der Waals surface area contributed by atoms with Crippen LogP contribution in [-0.4, -0.2) is 17.6 Å². The molecule has 1 aromatic heterocycles. The van der Waals surface area contributed by atoms with Crippen molar-refractivity contribution < 1.29 is 9.53 Å². The number of ether oxygens (including phenoxy) is 1. The third-order valence-electron chi connectivity index (χ3n) is 3.70. The molecule has 3 rings (SSSR count). The standard InChI is InChI=1S/C18H17N3O2S2/c1-23-14-10-6-5-7-12(14)11-20-17(22)15-16(19)21(18(24)25-15)13-8-3-2-4-9-13/h2-10H,11,19H2,1H3,(H,20,22). The molecule has 0 unspecified atom stereocenters. The van der Waals surface area contributed by atoms with Crippen LogP contribution in [0.5, 0.6) is 5.75 Å². The zero-order valence-corrected chi connectivity index (χ0v) is 15.2. The summed E-state index contributed by atoms with van der Waals surface area (Å²) >= 11 is 6.58. The zero-order chi connectivity index (χ0) is 17.8. The fourth-order valence-corrected chi connectivity index (χ4v) is 3.76. The van der Waals surface area contributed by atoms with Crippen molar-refractivity contribution in [2.75, 3.05) is 12.8 Å². The Morgan fingerprint density at radius 2 is 1.88 bits per heavy atom. The van der Waals surface area contributed by atoms with Gasteiger partial charge in [0.1, 0.15) is 16.4 Å². The Balaban J connectivity index is 1.83. The van der Waals surface area contributed by atoms with Gasteiger partial charge < -0.3 is 15.8 Å². The Kier molecular flexibility index (Phi) is 5.16. The smallest absolute Gasteiger partial charge is 0.265 e. The van der Waals surface area contributed by atoms with Crippen LogP contribution in [0.25, 0.3) is 5.69 Å². The van der Waals surface area contributed by atoms with E-state index in [4.69, 9.17) is 22.7 Å². The highest BCUT2D eigenvalue weighted by Gasteiger charge is 2.18. The number of nitrogen functional groups attached to an aromatic ring is 1. The summed E-state index contributed by atoms with van der Waals surface area (Å²) < 4.78 is 7.53. The molecule has 128 valence electrons. The van der Waals surface area contributed by atoms with Crippen LogP contribution in [0.1, 0.15) is 15.2 Å². The predicted octanol–water partition coefficient (Wildman–Crippen LogP) is 3.79. The summed E-state index contributed by atoms with van der Waals surface area (Å²) in [7, 11) is 1.60. The number of aromatic nitrogens is 1. The maximum atomic E-state index is 12.6. The predicted molar refractivity (Wildman–Crippen MR) is 103 cm³/mol. The Hall–Kier alpha value is -2.64. The van der Waals surface area contributed by atoms with Crippen LogP contribution in [0.4, 0.5) is 5.82 Å². The van der Waals surface area contributed by atoms with E-state index < -0.39 is 0 Å². The number of para-hydroxylation sites is 2. The van der Waals surface area contributed by atoms with E-state index in [-0.39, 0.29) is 5.91 Å². The maximum absolute atomic E-state index is 12.6. The molecule has 0 saturated heterocycles. The van der Waals surface area contributed by atoms with E-state index >= 15 is 0 Å². The van der Waals surface area contributed by atoms with E-state index in [2.05, 4.69) is 5.32 Å². The van der Waals surface area contributed by atoms with Gasteiger partial charge in [-0.2, -0.15) is 0 Å². The monoisotopic (exact) mass is 371 g/mol. The lowest BCUT2D eigenvalue weighted by molar-refractivity contribution is 0.0955. The number of nitrogens with two attached hydrogens (primary N) is 1. The summed E-state index contributed by atoms with van der Waals surface area (Å²) in [6, 6.07) is 17.0. The van der Waals surface area contributed by atoms with Crippen molar-refractivity contribution >= 4 is 35.3 Å². The first-order chi connectivity index (χ1) is 12.1. The van der Waals surface area contributed by atoms with Crippen LogP contribution < -0.4 is 15.8 Å². The van der Waals surface area contributed by atoms with Gasteiger partial charge in [0.2, 0.25) is 0 Å². The van der Waals surface area contributed by atoms with Crippen molar-refractivity contribution in [3.63, 3.8) is 0 Å². The topological polar surface area (TPSA) is 69.3 Å². The van der Waals surface area contributed by atoms with Crippen molar-refractivity contribution in [3.8, 4) is 11.4 Å². The van der Waals surface area contributed by atoms with E-state index in [0.29, 0.717) is 21.2 Å². The third kappa shape index (κ3) is 3.57. The van der Waals surface area contributed by atoms with Crippen LogP contribution in [0, 0.1) is 3.95 Å². The largest absolute Gasteiger partial charge is 0.496 e. The zero-order valence-electron chi connectivity index (χ0n) is 13.6. The number of carbonyl (C=O) groups excluding carboxylic acids is 1. The van der Waals surface area contributed by atoms with Crippen molar-refractivity contribution in [2.45, 2.75) is 6.54 Å². The molecule has 0 aliphatic heterocycles. The van der Waals surface area contributed by atoms with Crippen LogP contribution in [0.3, 0.4) is 0 Å². The highest BCUT2D eigenvalue weighted by molar-refractivity contribution is 7.73. The number of anilines is 1. The molecule has 1 heterocycles. The van der Waals surface area contributed by atoms with Crippen molar-refractivity contribution in [1.29, 1.82) is 0 Å². The second-order valence-electron chi connectivity index (χ2n) is 5.25. The number of thiazole rings is 1. The molecule has 2 aromatic carbocycles. The van der Waals surface area contributed by atoms with E-state index in [1.165, 1.54) is 11.3 Å². The lowest BCUT2D eigenvalue weighted by Crippen LogP contribution is -2.23. The summed E-state index contributed by atoms with van der Waals surface area (Å²) in [6.07, 6.45) is 0. The Labute approximate surface area is 154 Å². The van der Waals surface area contributed by atoms with Gasteiger partial charge in [0, 0.05) is 17.8 Å². The van der Waals surface area contributed by atoms with Gasteiger partial charge in [-0.1, -0.05) is 47.7 Å². The number of hydrogen-bond acceptors (Lipinski definition) is 5. The lowest BCUT2D eigenvalue weighted by atomic mass is 10.2. The van der Waals surface area contributed by atoms with Gasteiger partial charge in [-0.15, -0.1) is 0 Å². The molecule has 3 aromatic rings. The Morgan fingerprint density at radius 1 is 1.20 bits per heavy atom. The second-order valence-corrected chi connectivity index (χ2v) is 6.89. The van der Waals surface area contributed by atoms with Crippen molar-refractivity contribution in [2.24, 2.45) is 0 Å². The van der Waals surface area contributed by atoms with Gasteiger partial charge in [-0.05, 0) is 30.4 Å². The summed E-state index contributed by atoms with van der Waals surface area (Å²) in [4.78, 5) is 13.0. The average molecular weight is 371 g/mol. The first-order valence-electron chi connectivity index (χ1n) is 7.58. The van der Waals surface area contributed by atoms with E-state index in [0.717, 1.165) is 17.0 Å². The fraction of sp³-hybridized carbons (Fsp3) is 0.111. The number of nitrogens with zero attached hydrogens (tertiary/aromatic N) is 1. The molecule has 0 atom stereocenters. The molecule has 0 bridgehead atoms. The summed E-state index contributed by atoms with van der Waals surface area (Å²) in [5.41, 5.74) is 7.91. The average Bonchev–Trinajstić information content (AvgIpc) is 2.95. The number of rotatable bonds is 5. The van der Waals surface area contributed by atoms with Gasteiger partial charge >= 0.3 is 0 Å². The lowest BCUT2D eigenvalue weighted by Gasteiger charge is -2.09. The van der Waals surface area contributed by atoms with Crippen LogP contribution >= 0.6 is 23.6 Å². The summed E-state index contributed by atoms with van der Waals surface area (Å²) in [5, 5.41) is 2.87. The molecule has 0 fully saturated rings. The Morgan fingerprint density at radius 3 is 2.60 bits per heavy atom. The minimum Gasteiger partial charge on any atom is -0.496 e. The number of carbonyl (C=O) groups is 1. The first-order valence-corrected chi connectivity index (χ1v) is 8.81. The van der Waals surface area contributed by atoms with Gasteiger partial charge in [0.15, 0.2) is 3.95 Å². The molecule has 0 radical (unpaired) electrons. The maximum Gasteiger partial charge on any atom is 0.265 e. The molecule has 0 spiro atoms. The van der Waals surface area contributed by atoms with Crippen molar-refractivity contribution in [3.05, 3.63) is 69.0 Å². The molecule has 0 saturated carbocycles. The fourth-order valence-electron chi connectivity index (χ4n) is 2.47. The molecule has 1 amide bonds. The quantitative estimate of drug-likeness (QED) is 0.670. The third-order valence-corrected chi connectivity index (χ3v) is 5.09. The van der Waals surface area contributed by atoms with E-state index in [9.17, 15) is 4.79 Å². The van der Waals surface area contributed by atoms with Crippen LogP contribution in [-0.2, 0) is 6.54 Å². The highest BCUT2D eigenvalue weighted by Crippen LogP contribution is 2.26. The molecule has 0 aliphatic rings. The number of nitrogens with one attached hydrogen (secondary N) is 1. The van der Waals surface area contributed by atoms with Gasteiger partial charge in [-0.3, -0.25) is 9.36 Å². The minimum atomic E-state index is -0.255. The SMILES string of the molecule is COc1ccccc1CNC(=O)c1sc(=S)n(-c2ccccc2)c1N. The van der Waals surface area contributed by atoms with E-state index in [1.54, 1.807) is 11.7 Å². The number of amides is 1. The van der Waals surface area contributed by atoms with Crippen LogP contribution in [0.15, 0.2) is 54.6 Å². The van der Waals surface area contributed by atoms with Crippen LogP contribution in [0.2, 0.25) is 0 Å². The normalized spacial score (nSPS) is 10.4. The summed E-state index contributed by atoms with van der Waals surface area (Å²) in [5.74, 6) is 0.818. The van der Waals surface area contributed by atoms with E-state index in [1.807, 2.05) is 54.6 Å². The van der Waals surface area contributed by atoms with Gasteiger partial charge in [0.05, 0.1) is 7.11 Å². The molecular formula is C18H17N3O2S2. The molecule has 3 N–H and O–H groups in total. The number of hydrogen-bond donors (Lipinski definition) is 2. The first kappa shape index (κ1) is 17.2. The van der Waals surface area contributed by atoms with Gasteiger partial charge in [0.25, 0.3) is 5.91 Å². The molecular weight excluding hydrogens is 354 g/mol. The number of benzene rings is 2. The second kappa shape index (κ2) is 7.50. The highest BCUT2D eigenvalue weighted by atomic mass is 32.1. The molecule has 0 aliphatic carbocycles. The molecule has 5 nitrogen and oxygen atoms in total. The van der Waals surface area contributed by atoms with Gasteiger partial charge in [-0.25, -0.2) is 0 Å². The summed E-state index contributed by atoms with van der Waals surface area (Å²) in [6.45, 7) is 0.346. The molecule has 7 heteroatoms. The number of methoxy groups -OCH3 is 1.